The molecule has 0 unspecified atom stereocenters. The van der Waals surface area contributed by atoms with E-state index >= 15 is 0 Å². The molecule has 0 bridgehead atoms. The SMILES string of the molecule is C[n+]1ccc(-c2c3ccccc3c(Br)c3ccccc23)cc1F. The Morgan fingerprint density at radius 1 is 0.826 bits per heavy atom. The highest BCUT2D eigenvalue weighted by atomic mass is 79.9. The van der Waals surface area contributed by atoms with Crippen LogP contribution in [-0.4, -0.2) is 0 Å². The van der Waals surface area contributed by atoms with E-state index in [9.17, 15) is 4.39 Å². The van der Waals surface area contributed by atoms with E-state index in [1.54, 1.807) is 19.3 Å². The van der Waals surface area contributed by atoms with E-state index < -0.39 is 0 Å². The second-order valence-electron chi connectivity index (χ2n) is 5.63. The minimum absolute atomic E-state index is 0.251. The van der Waals surface area contributed by atoms with Gasteiger partial charge >= 0.3 is 5.95 Å². The summed E-state index contributed by atoms with van der Waals surface area (Å²) >= 11 is 3.74. The number of aryl methyl sites for hydroxylation is 1. The molecule has 3 heteroatoms. The predicted molar refractivity (Wildman–Crippen MR) is 95.7 cm³/mol. The first-order chi connectivity index (χ1) is 11.2. The number of pyridine rings is 1. The van der Waals surface area contributed by atoms with Gasteiger partial charge in [0.2, 0.25) is 0 Å². The number of rotatable bonds is 1. The van der Waals surface area contributed by atoms with Crippen molar-refractivity contribution in [2.75, 3.05) is 0 Å². The molecule has 4 aromatic rings. The summed E-state index contributed by atoms with van der Waals surface area (Å²) in [6.45, 7) is 0. The normalized spacial score (nSPS) is 11.3. The molecule has 0 saturated heterocycles. The Labute approximate surface area is 142 Å². The van der Waals surface area contributed by atoms with Crippen LogP contribution in [0.15, 0.2) is 71.3 Å². The average molecular weight is 367 g/mol. The first kappa shape index (κ1) is 14.3. The van der Waals surface area contributed by atoms with Crippen LogP contribution in [0.4, 0.5) is 4.39 Å². The van der Waals surface area contributed by atoms with Gasteiger partial charge in [-0.1, -0.05) is 48.5 Å². The van der Waals surface area contributed by atoms with Gasteiger partial charge in [0.05, 0.1) is 6.07 Å². The number of hydrogen-bond donors (Lipinski definition) is 0. The molecule has 0 fully saturated rings. The van der Waals surface area contributed by atoms with Gasteiger partial charge in [0, 0.05) is 10.5 Å². The molecule has 0 aliphatic carbocycles. The summed E-state index contributed by atoms with van der Waals surface area (Å²) < 4.78 is 16.7. The Balaban J connectivity index is 2.22. The van der Waals surface area contributed by atoms with Crippen molar-refractivity contribution in [1.29, 1.82) is 0 Å². The maximum absolute atomic E-state index is 14.1. The molecule has 0 spiro atoms. The lowest BCUT2D eigenvalue weighted by atomic mass is 9.92. The molecule has 0 aliphatic rings. The zero-order chi connectivity index (χ0) is 16.0. The average Bonchev–Trinajstić information content (AvgIpc) is 2.58. The van der Waals surface area contributed by atoms with Crippen molar-refractivity contribution in [1.82, 2.24) is 0 Å². The molecule has 1 nitrogen and oxygen atoms in total. The second-order valence-corrected chi connectivity index (χ2v) is 6.42. The van der Waals surface area contributed by atoms with Crippen LogP contribution in [0.5, 0.6) is 0 Å². The Bertz CT molecular complexity index is 999. The molecule has 0 saturated carbocycles. The third kappa shape index (κ3) is 2.23. The number of aromatic nitrogens is 1. The second kappa shape index (κ2) is 5.43. The highest BCUT2D eigenvalue weighted by molar-refractivity contribution is 9.10. The minimum Gasteiger partial charge on any atom is -0.176 e. The molecule has 0 atom stereocenters. The molecule has 3 aromatic carbocycles. The summed E-state index contributed by atoms with van der Waals surface area (Å²) in [4.78, 5) is 0. The standard InChI is InChI=1S/C20H14BrFN/c1-23-11-10-13(12-18(23)22)19-14-6-2-4-8-16(14)20(21)17-9-5-3-7-15(17)19/h2-12H,1H3/q+1. The van der Waals surface area contributed by atoms with E-state index in [1.807, 2.05) is 30.3 Å². The molecule has 112 valence electrons. The number of nitrogens with zero attached hydrogens (tertiary/aromatic N) is 1. The van der Waals surface area contributed by atoms with Crippen LogP contribution in [0.3, 0.4) is 0 Å². The zero-order valence-electron chi connectivity index (χ0n) is 12.6. The maximum atomic E-state index is 14.1. The number of benzene rings is 3. The monoisotopic (exact) mass is 366 g/mol. The van der Waals surface area contributed by atoms with Crippen molar-refractivity contribution in [2.45, 2.75) is 0 Å². The quantitative estimate of drug-likeness (QED) is 0.241. The predicted octanol–water partition coefficient (Wildman–Crippen LogP) is 5.39. The van der Waals surface area contributed by atoms with Gasteiger partial charge in [-0.2, -0.15) is 4.57 Å². The molecular formula is C20H14BrFN+. The largest absolute Gasteiger partial charge is 0.359 e. The van der Waals surface area contributed by atoms with Gasteiger partial charge in [-0.15, -0.1) is 4.39 Å². The van der Waals surface area contributed by atoms with Crippen LogP contribution < -0.4 is 4.57 Å². The van der Waals surface area contributed by atoms with Gasteiger partial charge in [-0.25, -0.2) is 0 Å². The van der Waals surface area contributed by atoms with E-state index in [0.29, 0.717) is 0 Å². The Hall–Kier alpha value is -2.26. The van der Waals surface area contributed by atoms with Crippen LogP contribution in [-0.2, 0) is 7.05 Å². The van der Waals surface area contributed by atoms with Crippen molar-refractivity contribution >= 4 is 37.5 Å². The van der Waals surface area contributed by atoms with Crippen molar-refractivity contribution in [3.05, 3.63) is 77.3 Å². The van der Waals surface area contributed by atoms with E-state index in [1.165, 1.54) is 4.57 Å². The van der Waals surface area contributed by atoms with Gasteiger partial charge < -0.3 is 0 Å². The highest BCUT2D eigenvalue weighted by Crippen LogP contribution is 2.41. The van der Waals surface area contributed by atoms with Crippen LogP contribution in [0.25, 0.3) is 32.7 Å². The molecule has 1 heterocycles. The van der Waals surface area contributed by atoms with E-state index in [0.717, 1.165) is 37.1 Å². The zero-order valence-corrected chi connectivity index (χ0v) is 14.1. The molecule has 0 amide bonds. The summed E-state index contributed by atoms with van der Waals surface area (Å²) in [7, 11) is 1.71. The molecule has 0 N–H and O–H groups in total. The molecule has 0 radical (unpaired) electrons. The minimum atomic E-state index is -0.251. The highest BCUT2D eigenvalue weighted by Gasteiger charge is 2.16. The van der Waals surface area contributed by atoms with Crippen LogP contribution >= 0.6 is 15.9 Å². The van der Waals surface area contributed by atoms with Gasteiger partial charge in [0.25, 0.3) is 0 Å². The summed E-state index contributed by atoms with van der Waals surface area (Å²) in [5.74, 6) is -0.251. The Kier molecular flexibility index (Phi) is 3.38. The van der Waals surface area contributed by atoms with E-state index in [4.69, 9.17) is 0 Å². The fourth-order valence-electron chi connectivity index (χ4n) is 3.08. The molecule has 4 rings (SSSR count). The Morgan fingerprint density at radius 3 is 1.87 bits per heavy atom. The fourth-order valence-corrected chi connectivity index (χ4v) is 3.77. The van der Waals surface area contributed by atoms with Gasteiger partial charge in [-0.3, -0.25) is 0 Å². The first-order valence-corrected chi connectivity index (χ1v) is 8.20. The van der Waals surface area contributed by atoms with Crippen LogP contribution in [0.1, 0.15) is 0 Å². The lowest BCUT2D eigenvalue weighted by molar-refractivity contribution is -0.700. The summed E-state index contributed by atoms with van der Waals surface area (Å²) in [5, 5.41) is 4.50. The summed E-state index contributed by atoms with van der Waals surface area (Å²) in [5.41, 5.74) is 1.96. The lowest BCUT2D eigenvalue weighted by Crippen LogP contribution is -2.31. The third-order valence-electron chi connectivity index (χ3n) is 4.24. The summed E-state index contributed by atoms with van der Waals surface area (Å²) in [6.07, 6.45) is 1.76. The van der Waals surface area contributed by atoms with Gasteiger partial charge in [0.1, 0.15) is 7.05 Å². The van der Waals surface area contributed by atoms with Crippen molar-refractivity contribution in [3.8, 4) is 11.1 Å². The topological polar surface area (TPSA) is 3.88 Å². The smallest absolute Gasteiger partial charge is 0.176 e. The van der Waals surface area contributed by atoms with E-state index in [2.05, 4.69) is 40.2 Å². The number of fused-ring (bicyclic) bond motifs is 2. The van der Waals surface area contributed by atoms with Gasteiger partial charge in [0.15, 0.2) is 6.20 Å². The number of halogens is 2. The number of hydrogen-bond acceptors (Lipinski definition) is 0. The van der Waals surface area contributed by atoms with Crippen LogP contribution in [0.2, 0.25) is 0 Å². The Morgan fingerprint density at radius 2 is 1.35 bits per heavy atom. The van der Waals surface area contributed by atoms with E-state index in [-0.39, 0.29) is 5.95 Å². The molecule has 0 aliphatic heterocycles. The lowest BCUT2D eigenvalue weighted by Gasteiger charge is -2.13. The van der Waals surface area contributed by atoms with Crippen molar-refractivity contribution < 1.29 is 8.96 Å². The van der Waals surface area contributed by atoms with Crippen molar-refractivity contribution in [2.24, 2.45) is 7.05 Å². The molecule has 23 heavy (non-hydrogen) atoms. The fraction of sp³-hybridized carbons (Fsp3) is 0.0500. The first-order valence-electron chi connectivity index (χ1n) is 7.41. The third-order valence-corrected chi connectivity index (χ3v) is 5.10. The van der Waals surface area contributed by atoms with Gasteiger partial charge in [-0.05, 0) is 48.6 Å². The van der Waals surface area contributed by atoms with Crippen LogP contribution in [0, 0.1) is 5.95 Å². The molecular weight excluding hydrogens is 353 g/mol. The molecule has 1 aromatic heterocycles. The summed E-state index contributed by atoms with van der Waals surface area (Å²) in [6, 6.07) is 20.0. The maximum Gasteiger partial charge on any atom is 0.359 e. The van der Waals surface area contributed by atoms with Crippen molar-refractivity contribution in [3.63, 3.8) is 0 Å².